The highest BCUT2D eigenvalue weighted by atomic mass is 35.5. The van der Waals surface area contributed by atoms with Gasteiger partial charge in [0.15, 0.2) is 0 Å². The number of anilines is 1. The van der Waals surface area contributed by atoms with Gasteiger partial charge in [-0.2, -0.15) is 0 Å². The summed E-state index contributed by atoms with van der Waals surface area (Å²) in [4.78, 5) is 28.0. The lowest BCUT2D eigenvalue weighted by molar-refractivity contribution is -0.137. The van der Waals surface area contributed by atoms with Crippen LogP contribution in [0.25, 0.3) is 5.57 Å². The van der Waals surface area contributed by atoms with Crippen molar-refractivity contribution in [3.8, 4) is 5.75 Å². The lowest BCUT2D eigenvalue weighted by Gasteiger charge is -2.17. The molecule has 0 saturated heterocycles. The predicted molar refractivity (Wildman–Crippen MR) is 122 cm³/mol. The second kappa shape index (κ2) is 8.85. The van der Waals surface area contributed by atoms with Crippen LogP contribution in [0.3, 0.4) is 0 Å². The molecule has 5 nitrogen and oxygen atoms in total. The molecule has 7 heteroatoms. The number of halogens is 2. The molecule has 3 aromatic rings. The minimum Gasteiger partial charge on any atom is -0.496 e. The van der Waals surface area contributed by atoms with E-state index >= 15 is 0 Å². The summed E-state index contributed by atoms with van der Waals surface area (Å²) in [6.07, 6.45) is 0. The van der Waals surface area contributed by atoms with Crippen LogP contribution in [-0.4, -0.2) is 23.8 Å². The molecule has 1 aliphatic heterocycles. The van der Waals surface area contributed by atoms with E-state index in [-0.39, 0.29) is 17.8 Å². The molecule has 0 saturated carbocycles. The maximum atomic E-state index is 13.5. The molecule has 0 atom stereocenters. The second-order valence-corrected chi connectivity index (χ2v) is 7.71. The lowest BCUT2D eigenvalue weighted by atomic mass is 10.0. The number of carbonyl (C=O) groups excluding carboxylic acids is 2. The van der Waals surface area contributed by atoms with Crippen molar-refractivity contribution >= 4 is 34.7 Å². The van der Waals surface area contributed by atoms with Gasteiger partial charge in [0.05, 0.1) is 19.2 Å². The van der Waals surface area contributed by atoms with Gasteiger partial charge in [0.1, 0.15) is 17.3 Å². The molecule has 0 unspecified atom stereocenters. The summed E-state index contributed by atoms with van der Waals surface area (Å²) in [6, 6.07) is 17.9. The predicted octanol–water partition coefficient (Wildman–Crippen LogP) is 5.19. The van der Waals surface area contributed by atoms with E-state index in [1.807, 2.05) is 19.1 Å². The van der Waals surface area contributed by atoms with Crippen LogP contribution in [0.15, 0.2) is 72.4 Å². The van der Waals surface area contributed by atoms with Crippen molar-refractivity contribution in [1.29, 1.82) is 0 Å². The van der Waals surface area contributed by atoms with Gasteiger partial charge in [0.25, 0.3) is 11.8 Å². The Morgan fingerprint density at radius 1 is 0.969 bits per heavy atom. The fourth-order valence-electron chi connectivity index (χ4n) is 3.60. The molecule has 0 fully saturated rings. The summed E-state index contributed by atoms with van der Waals surface area (Å²) in [5, 5.41) is 3.63. The van der Waals surface area contributed by atoms with E-state index < -0.39 is 17.6 Å². The van der Waals surface area contributed by atoms with Crippen LogP contribution in [0.2, 0.25) is 5.02 Å². The van der Waals surface area contributed by atoms with Gasteiger partial charge in [0.2, 0.25) is 0 Å². The Balaban J connectivity index is 1.78. The Morgan fingerprint density at radius 2 is 1.69 bits per heavy atom. The standard InChI is InChI=1S/C25H20ClFN2O3/c1-15-19(26)7-5-8-20(15)28-23-22(16-10-12-18(27)13-11-16)24(30)29(25(23)31)14-17-6-3-4-9-21(17)32-2/h3-13,28H,14H2,1-2H3. The van der Waals surface area contributed by atoms with Crippen molar-refractivity contribution in [3.63, 3.8) is 0 Å². The number of carbonyl (C=O) groups is 2. The van der Waals surface area contributed by atoms with Crippen LogP contribution in [0, 0.1) is 12.7 Å². The molecule has 0 bridgehead atoms. The largest absolute Gasteiger partial charge is 0.496 e. The zero-order chi connectivity index (χ0) is 22.8. The number of nitrogens with zero attached hydrogens (tertiary/aromatic N) is 1. The highest BCUT2D eigenvalue weighted by molar-refractivity contribution is 6.36. The van der Waals surface area contributed by atoms with Crippen LogP contribution >= 0.6 is 11.6 Å². The van der Waals surface area contributed by atoms with E-state index in [4.69, 9.17) is 16.3 Å². The Labute approximate surface area is 190 Å². The molecule has 0 aliphatic carbocycles. The van der Waals surface area contributed by atoms with Gasteiger partial charge < -0.3 is 10.1 Å². The second-order valence-electron chi connectivity index (χ2n) is 7.30. The molecular weight excluding hydrogens is 431 g/mol. The van der Waals surface area contributed by atoms with Gasteiger partial charge in [-0.05, 0) is 48.4 Å². The SMILES string of the molecule is COc1ccccc1CN1C(=O)C(Nc2cccc(Cl)c2C)=C(c2ccc(F)cc2)C1=O. The third kappa shape index (κ3) is 3.97. The van der Waals surface area contributed by atoms with Gasteiger partial charge in [0, 0.05) is 16.3 Å². The van der Waals surface area contributed by atoms with Crippen molar-refractivity contribution in [2.75, 3.05) is 12.4 Å². The summed E-state index contributed by atoms with van der Waals surface area (Å²) < 4.78 is 18.9. The number of methoxy groups -OCH3 is 1. The van der Waals surface area contributed by atoms with Crippen LogP contribution in [0.4, 0.5) is 10.1 Å². The molecule has 162 valence electrons. The number of benzene rings is 3. The minimum absolute atomic E-state index is 0.0338. The van der Waals surface area contributed by atoms with Gasteiger partial charge in [-0.15, -0.1) is 0 Å². The van der Waals surface area contributed by atoms with Gasteiger partial charge in [-0.1, -0.05) is 48.0 Å². The topological polar surface area (TPSA) is 58.6 Å². The first-order valence-electron chi connectivity index (χ1n) is 9.91. The first-order valence-corrected chi connectivity index (χ1v) is 10.3. The average Bonchev–Trinajstić information content (AvgIpc) is 3.02. The van der Waals surface area contributed by atoms with E-state index in [0.717, 1.165) is 10.5 Å². The average molecular weight is 451 g/mol. The Kier molecular flexibility index (Phi) is 5.97. The smallest absolute Gasteiger partial charge is 0.278 e. The molecule has 4 rings (SSSR count). The van der Waals surface area contributed by atoms with Crippen LogP contribution in [0.5, 0.6) is 5.75 Å². The Morgan fingerprint density at radius 3 is 2.41 bits per heavy atom. The number of hydrogen-bond donors (Lipinski definition) is 1. The van der Waals surface area contributed by atoms with E-state index in [2.05, 4.69) is 5.32 Å². The number of imide groups is 1. The normalized spacial score (nSPS) is 13.7. The fraction of sp³-hybridized carbons (Fsp3) is 0.120. The number of rotatable bonds is 6. The first-order chi connectivity index (χ1) is 15.4. The zero-order valence-electron chi connectivity index (χ0n) is 17.5. The molecule has 0 spiro atoms. The highest BCUT2D eigenvalue weighted by Gasteiger charge is 2.39. The summed E-state index contributed by atoms with van der Waals surface area (Å²) in [7, 11) is 1.53. The maximum absolute atomic E-state index is 13.5. The molecule has 1 aliphatic rings. The van der Waals surface area contributed by atoms with E-state index in [0.29, 0.717) is 27.6 Å². The van der Waals surface area contributed by atoms with E-state index in [1.54, 1.807) is 30.3 Å². The number of nitrogens with one attached hydrogen (secondary N) is 1. The quantitative estimate of drug-likeness (QED) is 0.525. The van der Waals surface area contributed by atoms with Crippen molar-refractivity contribution < 1.29 is 18.7 Å². The van der Waals surface area contributed by atoms with Crippen LogP contribution in [0.1, 0.15) is 16.7 Å². The van der Waals surface area contributed by atoms with Crippen LogP contribution < -0.4 is 10.1 Å². The van der Waals surface area contributed by atoms with Gasteiger partial charge in [-0.3, -0.25) is 14.5 Å². The van der Waals surface area contributed by atoms with Gasteiger partial charge in [-0.25, -0.2) is 4.39 Å². The molecule has 0 aromatic heterocycles. The number of amides is 2. The number of hydrogen-bond acceptors (Lipinski definition) is 4. The Bertz CT molecular complexity index is 1240. The fourth-order valence-corrected chi connectivity index (χ4v) is 3.78. The van der Waals surface area contributed by atoms with E-state index in [9.17, 15) is 14.0 Å². The summed E-state index contributed by atoms with van der Waals surface area (Å²) in [5.41, 5.74) is 2.76. The number of para-hydroxylation sites is 1. The molecule has 1 heterocycles. The monoisotopic (exact) mass is 450 g/mol. The van der Waals surface area contributed by atoms with Crippen molar-refractivity contribution in [2.24, 2.45) is 0 Å². The minimum atomic E-state index is -0.486. The summed E-state index contributed by atoms with van der Waals surface area (Å²) in [5.74, 6) is -0.824. The molecule has 1 N–H and O–H groups in total. The summed E-state index contributed by atoms with van der Waals surface area (Å²) in [6.45, 7) is 1.85. The molecule has 2 amide bonds. The van der Waals surface area contributed by atoms with Crippen molar-refractivity contribution in [1.82, 2.24) is 4.90 Å². The molecule has 0 radical (unpaired) electrons. The molecular formula is C25H20ClFN2O3. The van der Waals surface area contributed by atoms with Crippen molar-refractivity contribution in [3.05, 3.63) is 100.0 Å². The van der Waals surface area contributed by atoms with Gasteiger partial charge >= 0.3 is 0 Å². The molecule has 32 heavy (non-hydrogen) atoms. The third-order valence-electron chi connectivity index (χ3n) is 5.35. The number of ether oxygens (including phenoxy) is 1. The first kappa shape index (κ1) is 21.6. The summed E-state index contributed by atoms with van der Waals surface area (Å²) >= 11 is 6.23. The zero-order valence-corrected chi connectivity index (χ0v) is 18.2. The molecule has 3 aromatic carbocycles. The van der Waals surface area contributed by atoms with Crippen LogP contribution in [-0.2, 0) is 16.1 Å². The lowest BCUT2D eigenvalue weighted by Crippen LogP contribution is -2.32. The highest BCUT2D eigenvalue weighted by Crippen LogP contribution is 2.34. The van der Waals surface area contributed by atoms with Crippen molar-refractivity contribution in [2.45, 2.75) is 13.5 Å². The maximum Gasteiger partial charge on any atom is 0.278 e. The third-order valence-corrected chi connectivity index (χ3v) is 5.76. The Hall–Kier alpha value is -3.64. The van der Waals surface area contributed by atoms with E-state index in [1.165, 1.54) is 31.4 Å².